The lowest BCUT2D eigenvalue weighted by Gasteiger charge is -2.22. The van der Waals surface area contributed by atoms with Gasteiger partial charge in [-0.3, -0.25) is 0 Å². The number of ether oxygens (including phenoxy) is 1. The van der Waals surface area contributed by atoms with E-state index < -0.39 is 11.7 Å². The Morgan fingerprint density at radius 1 is 1.00 bits per heavy atom. The predicted octanol–water partition coefficient (Wildman–Crippen LogP) is 8.21. The summed E-state index contributed by atoms with van der Waals surface area (Å²) in [6.45, 7) is 3.94. The van der Waals surface area contributed by atoms with Gasteiger partial charge in [0.15, 0.2) is 0 Å². The van der Waals surface area contributed by atoms with Crippen LogP contribution in [0.25, 0.3) is 0 Å². The summed E-state index contributed by atoms with van der Waals surface area (Å²) in [5.41, 5.74) is 1.52. The van der Waals surface area contributed by atoms with Crippen molar-refractivity contribution in [3.63, 3.8) is 0 Å². The van der Waals surface area contributed by atoms with E-state index in [2.05, 4.69) is 32.7 Å². The Balaban J connectivity index is 1.54. The highest BCUT2D eigenvalue weighted by molar-refractivity contribution is 5.64. The third-order valence-corrected chi connectivity index (χ3v) is 6.35. The number of hydrogen-bond donors (Lipinski definition) is 2. The third-order valence-electron chi connectivity index (χ3n) is 6.35. The van der Waals surface area contributed by atoms with Gasteiger partial charge < -0.3 is 15.4 Å². The molecule has 35 heavy (non-hydrogen) atoms. The summed E-state index contributed by atoms with van der Waals surface area (Å²) in [7, 11) is 0. The molecule has 8 heteroatoms. The summed E-state index contributed by atoms with van der Waals surface area (Å²) < 4.78 is 46.8. The van der Waals surface area contributed by atoms with Crippen molar-refractivity contribution < 1.29 is 17.9 Å². The van der Waals surface area contributed by atoms with Crippen molar-refractivity contribution in [2.24, 2.45) is 0 Å². The molecule has 0 aliphatic heterocycles. The SMILES string of the molecule is CCC(C)Oc1cccc(Nc2nc(Nc3ccc(C4CCCCC4)cc3)ncc2C(F)(F)F)c1. The van der Waals surface area contributed by atoms with Crippen molar-refractivity contribution in [1.82, 2.24) is 9.97 Å². The molecule has 0 saturated heterocycles. The normalized spacial score (nSPS) is 15.5. The first-order chi connectivity index (χ1) is 16.8. The van der Waals surface area contributed by atoms with E-state index in [0.717, 1.165) is 18.3 Å². The van der Waals surface area contributed by atoms with Crippen LogP contribution in [0, 0.1) is 0 Å². The van der Waals surface area contributed by atoms with Crippen LogP contribution in [0.3, 0.4) is 0 Å². The molecule has 2 aromatic carbocycles. The van der Waals surface area contributed by atoms with Crippen LogP contribution in [-0.2, 0) is 6.18 Å². The highest BCUT2D eigenvalue weighted by Crippen LogP contribution is 2.36. The van der Waals surface area contributed by atoms with E-state index in [4.69, 9.17) is 4.74 Å². The average molecular weight is 485 g/mol. The first kappa shape index (κ1) is 24.8. The fourth-order valence-corrected chi connectivity index (χ4v) is 4.25. The van der Waals surface area contributed by atoms with E-state index >= 15 is 0 Å². The lowest BCUT2D eigenvalue weighted by molar-refractivity contribution is -0.137. The summed E-state index contributed by atoms with van der Waals surface area (Å²) in [4.78, 5) is 8.07. The molecule has 0 bridgehead atoms. The molecule has 1 fully saturated rings. The van der Waals surface area contributed by atoms with Crippen LogP contribution in [0.4, 0.5) is 36.3 Å². The monoisotopic (exact) mass is 484 g/mol. The van der Waals surface area contributed by atoms with Gasteiger partial charge in [0.05, 0.1) is 6.10 Å². The second-order valence-electron chi connectivity index (χ2n) is 9.03. The van der Waals surface area contributed by atoms with Crippen LogP contribution in [0.15, 0.2) is 54.7 Å². The van der Waals surface area contributed by atoms with Crippen molar-refractivity contribution in [2.45, 2.75) is 70.6 Å². The first-order valence-electron chi connectivity index (χ1n) is 12.2. The van der Waals surface area contributed by atoms with E-state index in [9.17, 15) is 13.2 Å². The van der Waals surface area contributed by atoms with Crippen molar-refractivity contribution in [3.8, 4) is 5.75 Å². The number of rotatable bonds is 8. The maximum absolute atomic E-state index is 13.7. The van der Waals surface area contributed by atoms with Crippen molar-refractivity contribution in [2.75, 3.05) is 10.6 Å². The molecule has 1 aromatic heterocycles. The zero-order chi connectivity index (χ0) is 24.8. The topological polar surface area (TPSA) is 59.1 Å². The standard InChI is InChI=1S/C27H31F3N4O/c1-3-18(2)35-23-11-7-10-22(16-23)32-25-24(27(28,29)30)17-31-26(34-25)33-21-14-12-20(13-15-21)19-8-5-4-6-9-19/h7,10-19H,3-6,8-9H2,1-2H3,(H2,31,32,33,34). The summed E-state index contributed by atoms with van der Waals surface area (Å²) in [6, 6.07) is 14.8. The minimum atomic E-state index is -4.60. The van der Waals surface area contributed by atoms with Gasteiger partial charge in [-0.25, -0.2) is 4.98 Å². The van der Waals surface area contributed by atoms with Crippen LogP contribution in [0.5, 0.6) is 5.75 Å². The average Bonchev–Trinajstić information content (AvgIpc) is 2.84. The molecule has 1 aliphatic rings. The number of anilines is 4. The molecular weight excluding hydrogens is 453 g/mol. The van der Waals surface area contributed by atoms with Gasteiger partial charge in [0.25, 0.3) is 0 Å². The molecule has 2 N–H and O–H groups in total. The first-order valence-corrected chi connectivity index (χ1v) is 12.2. The number of aromatic nitrogens is 2. The van der Waals surface area contributed by atoms with Gasteiger partial charge in [-0.2, -0.15) is 18.2 Å². The van der Waals surface area contributed by atoms with Gasteiger partial charge in [-0.1, -0.05) is 44.4 Å². The molecular formula is C27H31F3N4O. The lowest BCUT2D eigenvalue weighted by Crippen LogP contribution is -2.13. The van der Waals surface area contributed by atoms with Gasteiger partial charge in [0.1, 0.15) is 17.1 Å². The molecule has 4 rings (SSSR count). The highest BCUT2D eigenvalue weighted by Gasteiger charge is 2.35. The highest BCUT2D eigenvalue weighted by atomic mass is 19.4. The zero-order valence-corrected chi connectivity index (χ0v) is 20.0. The van der Waals surface area contributed by atoms with Gasteiger partial charge in [-0.15, -0.1) is 0 Å². The molecule has 0 amide bonds. The van der Waals surface area contributed by atoms with Crippen LogP contribution in [0.2, 0.25) is 0 Å². The Kier molecular flexibility index (Phi) is 7.78. The summed E-state index contributed by atoms with van der Waals surface area (Å²) in [5, 5.41) is 5.83. The van der Waals surface area contributed by atoms with Gasteiger partial charge in [-0.05, 0) is 61.9 Å². The van der Waals surface area contributed by atoms with Gasteiger partial charge >= 0.3 is 6.18 Å². The van der Waals surface area contributed by atoms with E-state index in [1.54, 1.807) is 24.3 Å². The molecule has 1 saturated carbocycles. The maximum Gasteiger partial charge on any atom is 0.421 e. The molecule has 5 nitrogen and oxygen atoms in total. The molecule has 1 unspecified atom stereocenters. The number of benzene rings is 2. The largest absolute Gasteiger partial charge is 0.491 e. The van der Waals surface area contributed by atoms with E-state index in [-0.39, 0.29) is 17.9 Å². The number of nitrogens with zero attached hydrogens (tertiary/aromatic N) is 2. The predicted molar refractivity (Wildman–Crippen MR) is 133 cm³/mol. The lowest BCUT2D eigenvalue weighted by atomic mass is 9.84. The van der Waals surface area contributed by atoms with Crippen molar-refractivity contribution in [1.29, 1.82) is 0 Å². The minimum Gasteiger partial charge on any atom is -0.491 e. The molecule has 1 heterocycles. The number of alkyl halides is 3. The Morgan fingerprint density at radius 2 is 1.74 bits per heavy atom. The van der Waals surface area contributed by atoms with Crippen molar-refractivity contribution in [3.05, 3.63) is 65.9 Å². The van der Waals surface area contributed by atoms with Crippen LogP contribution in [-0.4, -0.2) is 16.1 Å². The number of halogens is 3. The summed E-state index contributed by atoms with van der Waals surface area (Å²) in [5.74, 6) is 0.909. The van der Waals surface area contributed by atoms with Crippen LogP contribution >= 0.6 is 0 Å². The van der Waals surface area contributed by atoms with E-state index in [0.29, 0.717) is 17.4 Å². The smallest absolute Gasteiger partial charge is 0.421 e. The van der Waals surface area contributed by atoms with E-state index in [1.165, 1.54) is 37.7 Å². The number of hydrogen-bond acceptors (Lipinski definition) is 5. The van der Waals surface area contributed by atoms with E-state index in [1.807, 2.05) is 26.0 Å². The second kappa shape index (κ2) is 11.0. The Labute approximate surface area is 204 Å². The molecule has 1 aliphatic carbocycles. The Morgan fingerprint density at radius 3 is 2.43 bits per heavy atom. The molecule has 1 atom stereocenters. The minimum absolute atomic E-state index is 0.00431. The quantitative estimate of drug-likeness (QED) is 0.337. The Hall–Kier alpha value is -3.29. The second-order valence-corrected chi connectivity index (χ2v) is 9.03. The molecule has 0 spiro atoms. The van der Waals surface area contributed by atoms with Crippen LogP contribution in [0.1, 0.15) is 69.4 Å². The zero-order valence-electron chi connectivity index (χ0n) is 20.0. The van der Waals surface area contributed by atoms with Gasteiger partial charge in [0, 0.05) is 23.6 Å². The fraction of sp³-hybridized carbons (Fsp3) is 0.407. The molecule has 0 radical (unpaired) electrons. The van der Waals surface area contributed by atoms with Gasteiger partial charge in [0.2, 0.25) is 5.95 Å². The fourth-order valence-electron chi connectivity index (χ4n) is 4.25. The number of nitrogens with one attached hydrogen (secondary N) is 2. The third kappa shape index (κ3) is 6.65. The Bertz CT molecular complexity index is 1110. The molecule has 3 aromatic rings. The maximum atomic E-state index is 13.7. The van der Waals surface area contributed by atoms with Crippen molar-refractivity contribution >= 4 is 23.1 Å². The molecule has 186 valence electrons. The summed E-state index contributed by atoms with van der Waals surface area (Å²) >= 11 is 0. The van der Waals surface area contributed by atoms with Crippen LogP contribution < -0.4 is 15.4 Å². The summed E-state index contributed by atoms with van der Waals surface area (Å²) in [6.07, 6.45) is 3.22.